The van der Waals surface area contributed by atoms with E-state index in [4.69, 9.17) is 28.2 Å². The molecule has 0 fully saturated rings. The summed E-state index contributed by atoms with van der Waals surface area (Å²) in [6.45, 7) is 2.03. The number of nitrogens with one attached hydrogen (secondary N) is 2. The lowest BCUT2D eigenvalue weighted by molar-refractivity contribution is 0.0695. The van der Waals surface area contributed by atoms with Crippen LogP contribution in [-0.4, -0.2) is 32.3 Å². The fourth-order valence-electron chi connectivity index (χ4n) is 5.05. The summed E-state index contributed by atoms with van der Waals surface area (Å²) in [5.74, 6) is -1.38. The van der Waals surface area contributed by atoms with E-state index in [1.807, 2.05) is 67.6 Å². The minimum atomic E-state index is -1.14. The molecule has 3 N–H and O–H groups in total. The number of aromatic nitrogens is 2. The molecule has 0 spiro atoms. The molecule has 2 unspecified atom stereocenters. The van der Waals surface area contributed by atoms with Crippen molar-refractivity contribution < 1.29 is 14.7 Å². The second kappa shape index (κ2) is 11.5. The first kappa shape index (κ1) is 26.7. The summed E-state index contributed by atoms with van der Waals surface area (Å²) in [6, 6.07) is 19.5. The number of carbonyl (C=O) groups excluding carboxylic acids is 1. The van der Waals surface area contributed by atoms with Crippen molar-refractivity contribution >= 4 is 51.7 Å². The summed E-state index contributed by atoms with van der Waals surface area (Å²) >= 11 is 13.2. The zero-order chi connectivity index (χ0) is 27.5. The molecule has 0 saturated carbocycles. The third-order valence-electron chi connectivity index (χ3n) is 6.93. The number of nitrogens with zero attached hydrogens (tertiary/aromatic N) is 1. The van der Waals surface area contributed by atoms with E-state index in [1.54, 1.807) is 18.2 Å². The minimum absolute atomic E-state index is 0.0143. The van der Waals surface area contributed by atoms with E-state index in [0.29, 0.717) is 22.8 Å². The molecular formula is C31H27Cl2N3O3. The summed E-state index contributed by atoms with van der Waals surface area (Å²) in [4.78, 5) is 33.8. The Morgan fingerprint density at radius 3 is 2.62 bits per heavy atom. The van der Waals surface area contributed by atoms with Crippen LogP contribution in [0.15, 0.2) is 85.0 Å². The molecule has 1 amide bonds. The van der Waals surface area contributed by atoms with Gasteiger partial charge in [-0.1, -0.05) is 79.6 Å². The van der Waals surface area contributed by atoms with E-state index in [1.165, 1.54) is 6.07 Å². The number of para-hydroxylation sites is 2. The highest BCUT2D eigenvalue weighted by Crippen LogP contribution is 2.41. The van der Waals surface area contributed by atoms with Crippen LogP contribution in [0.25, 0.3) is 16.6 Å². The number of aromatic amines is 1. The average molecular weight is 560 g/mol. The predicted molar refractivity (Wildman–Crippen MR) is 156 cm³/mol. The normalized spacial score (nSPS) is 17.6. The smallest absolute Gasteiger partial charge is 0.336 e. The van der Waals surface area contributed by atoms with Crippen LogP contribution in [0.2, 0.25) is 5.02 Å². The van der Waals surface area contributed by atoms with E-state index >= 15 is 0 Å². The van der Waals surface area contributed by atoms with Crippen molar-refractivity contribution in [3.05, 3.63) is 118 Å². The predicted octanol–water partition coefficient (Wildman–Crippen LogP) is 7.53. The van der Waals surface area contributed by atoms with Gasteiger partial charge in [0.1, 0.15) is 5.82 Å². The van der Waals surface area contributed by atoms with Crippen molar-refractivity contribution in [2.24, 2.45) is 0 Å². The van der Waals surface area contributed by atoms with Gasteiger partial charge in [0.2, 0.25) is 0 Å². The Kier molecular flexibility index (Phi) is 7.87. The molecule has 3 aromatic carbocycles. The van der Waals surface area contributed by atoms with E-state index in [9.17, 15) is 14.7 Å². The number of rotatable bonds is 8. The van der Waals surface area contributed by atoms with Gasteiger partial charge < -0.3 is 15.4 Å². The zero-order valence-electron chi connectivity index (χ0n) is 21.2. The molecule has 1 aliphatic carbocycles. The Labute approximate surface area is 236 Å². The van der Waals surface area contributed by atoms with Crippen molar-refractivity contribution in [3.63, 3.8) is 0 Å². The third kappa shape index (κ3) is 5.49. The number of alkyl halides is 1. The third-order valence-corrected chi connectivity index (χ3v) is 7.67. The molecule has 0 aliphatic heterocycles. The van der Waals surface area contributed by atoms with Gasteiger partial charge in [0.25, 0.3) is 5.91 Å². The van der Waals surface area contributed by atoms with Gasteiger partial charge in [-0.2, -0.15) is 0 Å². The molecule has 1 aromatic heterocycles. The quantitative estimate of drug-likeness (QED) is 0.194. The maximum atomic E-state index is 13.3. The number of carboxylic acids is 1. The molecule has 8 heteroatoms. The number of carbonyl (C=O) groups is 2. The van der Waals surface area contributed by atoms with Crippen molar-refractivity contribution in [2.75, 3.05) is 0 Å². The van der Waals surface area contributed by atoms with Gasteiger partial charge in [-0.3, -0.25) is 4.79 Å². The van der Waals surface area contributed by atoms with Crippen LogP contribution < -0.4 is 5.32 Å². The number of H-pyrrole nitrogens is 1. The lowest BCUT2D eigenvalue weighted by Crippen LogP contribution is -2.29. The fourth-order valence-corrected chi connectivity index (χ4v) is 5.68. The van der Waals surface area contributed by atoms with Crippen LogP contribution >= 0.6 is 23.2 Å². The van der Waals surface area contributed by atoms with Crippen LogP contribution in [0, 0.1) is 0 Å². The lowest BCUT2D eigenvalue weighted by Gasteiger charge is -2.27. The maximum Gasteiger partial charge on any atom is 0.336 e. The lowest BCUT2D eigenvalue weighted by atomic mass is 9.81. The molecule has 1 aliphatic rings. The minimum Gasteiger partial charge on any atom is -0.478 e. The Balaban J connectivity index is 1.49. The molecule has 6 nitrogen and oxygen atoms in total. The van der Waals surface area contributed by atoms with Crippen molar-refractivity contribution in [3.8, 4) is 0 Å². The van der Waals surface area contributed by atoms with Gasteiger partial charge in [-0.05, 0) is 47.9 Å². The summed E-state index contributed by atoms with van der Waals surface area (Å²) in [5, 5.41) is 13.3. The van der Waals surface area contributed by atoms with E-state index < -0.39 is 17.3 Å². The monoisotopic (exact) mass is 559 g/mol. The number of aromatic carboxylic acids is 1. The number of imidazole rings is 1. The molecule has 0 saturated heterocycles. The van der Waals surface area contributed by atoms with E-state index in [-0.39, 0.29) is 23.1 Å². The number of hydrogen-bond acceptors (Lipinski definition) is 3. The highest BCUT2D eigenvalue weighted by Gasteiger charge is 2.32. The summed E-state index contributed by atoms with van der Waals surface area (Å²) < 4.78 is 0. The molecule has 0 radical (unpaired) electrons. The maximum absolute atomic E-state index is 13.3. The summed E-state index contributed by atoms with van der Waals surface area (Å²) in [5.41, 5.74) is 4.04. The van der Waals surface area contributed by atoms with Gasteiger partial charge in [0, 0.05) is 22.1 Å². The van der Waals surface area contributed by atoms with Crippen molar-refractivity contribution in [1.82, 2.24) is 15.3 Å². The number of hydrogen-bond donors (Lipinski definition) is 3. The standard InChI is InChI=1S/C31H27Cl2N3O3/c1-2-8-25(20-9-3-4-11-23(20)32)36-30(37)18-15-16-19(22(17-18)31(38)39)28-21(10-7-12-24(28)33)29-34-26-13-5-6-14-27(26)35-29/h3-7,9-17,24-25,28H,2,8H2,1H3,(H,34,35)(H,36,37)(H,38,39)/t24?,25?,28-/m1/s1. The molecule has 198 valence electrons. The van der Waals surface area contributed by atoms with Crippen molar-refractivity contribution in [1.29, 1.82) is 0 Å². The molecule has 5 rings (SSSR count). The number of benzene rings is 3. The zero-order valence-corrected chi connectivity index (χ0v) is 22.7. The fraction of sp³-hybridized carbons (Fsp3) is 0.194. The Morgan fingerprint density at radius 1 is 1.10 bits per heavy atom. The highest BCUT2D eigenvalue weighted by atomic mass is 35.5. The molecule has 3 atom stereocenters. The van der Waals surface area contributed by atoms with Crippen LogP contribution in [0.4, 0.5) is 0 Å². The molecule has 4 aromatic rings. The second-order valence-corrected chi connectivity index (χ2v) is 10.4. The first-order chi connectivity index (χ1) is 18.9. The van der Waals surface area contributed by atoms with E-state index in [0.717, 1.165) is 28.6 Å². The Morgan fingerprint density at radius 2 is 1.87 bits per heavy atom. The Bertz CT molecular complexity index is 1570. The van der Waals surface area contributed by atoms with Crippen LogP contribution in [0.3, 0.4) is 0 Å². The second-order valence-electron chi connectivity index (χ2n) is 9.47. The van der Waals surface area contributed by atoms with Gasteiger partial charge in [-0.25, -0.2) is 9.78 Å². The van der Waals surface area contributed by atoms with Crippen LogP contribution in [0.5, 0.6) is 0 Å². The van der Waals surface area contributed by atoms with Crippen LogP contribution in [-0.2, 0) is 0 Å². The first-order valence-corrected chi connectivity index (χ1v) is 13.6. The molecule has 1 heterocycles. The number of carboxylic acid groups (broad SMARTS) is 1. The SMILES string of the molecule is CCCC(NC(=O)c1ccc([C@@H]2C(c3nc4ccccc4[nH]3)=CC=CC2Cl)c(C(=O)O)c1)c1ccccc1Cl. The largest absolute Gasteiger partial charge is 0.478 e. The van der Waals surface area contributed by atoms with Crippen molar-refractivity contribution in [2.45, 2.75) is 37.1 Å². The first-order valence-electron chi connectivity index (χ1n) is 12.8. The topological polar surface area (TPSA) is 95.1 Å². The van der Waals surface area contributed by atoms with Crippen LogP contribution in [0.1, 0.15) is 69.4 Å². The average Bonchev–Trinajstić information content (AvgIpc) is 3.37. The summed E-state index contributed by atoms with van der Waals surface area (Å²) in [6.07, 6.45) is 7.09. The highest BCUT2D eigenvalue weighted by molar-refractivity contribution is 6.31. The number of halogens is 2. The van der Waals surface area contributed by atoms with E-state index in [2.05, 4.69) is 10.3 Å². The van der Waals surface area contributed by atoms with Gasteiger partial charge in [-0.15, -0.1) is 11.6 Å². The van der Waals surface area contributed by atoms with Gasteiger partial charge >= 0.3 is 5.97 Å². The molecule has 39 heavy (non-hydrogen) atoms. The number of fused-ring (bicyclic) bond motifs is 1. The Hall–Kier alpha value is -3.87. The van der Waals surface area contributed by atoms with Gasteiger partial charge in [0.05, 0.1) is 28.0 Å². The molecular weight excluding hydrogens is 533 g/mol. The number of amides is 1. The summed E-state index contributed by atoms with van der Waals surface area (Å²) in [7, 11) is 0. The number of allylic oxidation sites excluding steroid dienone is 4. The van der Waals surface area contributed by atoms with Gasteiger partial charge in [0.15, 0.2) is 0 Å². The molecule has 0 bridgehead atoms.